The van der Waals surface area contributed by atoms with Gasteiger partial charge in [-0.1, -0.05) is 33.3 Å². The second-order valence-corrected chi connectivity index (χ2v) is 7.30. The van der Waals surface area contributed by atoms with Gasteiger partial charge in [-0.05, 0) is 54.3 Å². The molecule has 0 saturated carbocycles. The topological polar surface area (TPSA) is 21.3 Å². The zero-order chi connectivity index (χ0) is 15.2. The van der Waals surface area contributed by atoms with Crippen LogP contribution in [0.25, 0.3) is 0 Å². The van der Waals surface area contributed by atoms with Crippen LogP contribution in [-0.4, -0.2) is 24.7 Å². The molecule has 1 N–H and O–H groups in total. The van der Waals surface area contributed by atoms with Crippen molar-refractivity contribution in [2.24, 2.45) is 5.92 Å². The lowest BCUT2D eigenvalue weighted by Gasteiger charge is -2.34. The zero-order valence-corrected chi connectivity index (χ0v) is 14.6. The van der Waals surface area contributed by atoms with E-state index >= 15 is 0 Å². The van der Waals surface area contributed by atoms with Gasteiger partial charge in [-0.2, -0.15) is 11.8 Å². The van der Waals surface area contributed by atoms with Crippen molar-refractivity contribution in [1.29, 1.82) is 0 Å². The summed E-state index contributed by atoms with van der Waals surface area (Å²) in [5.41, 5.74) is 2.94. The number of aryl methyl sites for hydroxylation is 1. The standard InChI is InChI=1S/C18H29NOS/c1-5-13(3)12-21-17-10-7-14-11-15(20-4)8-9-16(14)18(17)19-6-2/h8-9,11,13,17-19H,5-7,10,12H2,1-4H3. The van der Waals surface area contributed by atoms with Crippen LogP contribution in [-0.2, 0) is 6.42 Å². The molecule has 0 bridgehead atoms. The van der Waals surface area contributed by atoms with Crippen LogP contribution in [0, 0.1) is 5.92 Å². The molecule has 1 aromatic carbocycles. The monoisotopic (exact) mass is 307 g/mol. The molecule has 2 nitrogen and oxygen atoms in total. The molecule has 0 fully saturated rings. The highest BCUT2D eigenvalue weighted by molar-refractivity contribution is 7.99. The van der Waals surface area contributed by atoms with Crippen LogP contribution in [0.5, 0.6) is 5.75 Å². The minimum atomic E-state index is 0.485. The Labute approximate surface area is 134 Å². The van der Waals surface area contributed by atoms with Gasteiger partial charge < -0.3 is 10.1 Å². The van der Waals surface area contributed by atoms with E-state index in [1.54, 1.807) is 7.11 Å². The van der Waals surface area contributed by atoms with E-state index in [0.717, 1.165) is 18.2 Å². The molecule has 2 rings (SSSR count). The van der Waals surface area contributed by atoms with Crippen molar-refractivity contribution < 1.29 is 4.74 Å². The highest BCUT2D eigenvalue weighted by Crippen LogP contribution is 2.39. The molecule has 0 heterocycles. The van der Waals surface area contributed by atoms with E-state index in [2.05, 4.69) is 56.0 Å². The first kappa shape index (κ1) is 16.7. The number of methoxy groups -OCH3 is 1. The fourth-order valence-electron chi connectivity index (χ4n) is 2.94. The molecule has 3 heteroatoms. The third-order valence-corrected chi connectivity index (χ3v) is 6.17. The van der Waals surface area contributed by atoms with E-state index in [0.29, 0.717) is 11.3 Å². The summed E-state index contributed by atoms with van der Waals surface area (Å²) in [6.07, 6.45) is 3.71. The first-order chi connectivity index (χ1) is 10.2. The van der Waals surface area contributed by atoms with E-state index in [1.165, 1.54) is 36.1 Å². The van der Waals surface area contributed by atoms with Crippen LogP contribution < -0.4 is 10.1 Å². The lowest BCUT2D eigenvalue weighted by molar-refractivity contribution is 0.411. The number of hydrogen-bond acceptors (Lipinski definition) is 3. The molecule has 1 aliphatic carbocycles. The summed E-state index contributed by atoms with van der Waals surface area (Å²) in [6.45, 7) is 7.87. The van der Waals surface area contributed by atoms with Crippen molar-refractivity contribution in [3.8, 4) is 5.75 Å². The van der Waals surface area contributed by atoms with Crippen LogP contribution in [0.2, 0.25) is 0 Å². The van der Waals surface area contributed by atoms with Gasteiger partial charge in [0.25, 0.3) is 0 Å². The van der Waals surface area contributed by atoms with Crippen LogP contribution in [0.4, 0.5) is 0 Å². The molecule has 3 unspecified atom stereocenters. The molecule has 118 valence electrons. The largest absolute Gasteiger partial charge is 0.497 e. The predicted molar refractivity (Wildman–Crippen MR) is 93.4 cm³/mol. The molecule has 1 aliphatic rings. The normalized spacial score (nSPS) is 22.7. The van der Waals surface area contributed by atoms with Gasteiger partial charge in [-0.3, -0.25) is 0 Å². The summed E-state index contributed by atoms with van der Waals surface area (Å²) in [6, 6.07) is 7.07. The summed E-state index contributed by atoms with van der Waals surface area (Å²) in [5, 5.41) is 4.40. The molecule has 0 aliphatic heterocycles. The molecule has 3 atom stereocenters. The van der Waals surface area contributed by atoms with Gasteiger partial charge in [0.05, 0.1) is 7.11 Å². The van der Waals surface area contributed by atoms with Gasteiger partial charge in [0.2, 0.25) is 0 Å². The maximum absolute atomic E-state index is 5.37. The molecule has 0 amide bonds. The van der Waals surface area contributed by atoms with Gasteiger partial charge >= 0.3 is 0 Å². The highest BCUT2D eigenvalue weighted by atomic mass is 32.2. The average molecular weight is 308 g/mol. The first-order valence-electron chi connectivity index (χ1n) is 8.21. The quantitative estimate of drug-likeness (QED) is 0.804. The summed E-state index contributed by atoms with van der Waals surface area (Å²) in [7, 11) is 1.75. The molecule has 21 heavy (non-hydrogen) atoms. The van der Waals surface area contributed by atoms with Gasteiger partial charge in [0.1, 0.15) is 5.75 Å². The maximum Gasteiger partial charge on any atom is 0.119 e. The lowest BCUT2D eigenvalue weighted by Crippen LogP contribution is -2.34. The van der Waals surface area contributed by atoms with Crippen molar-refractivity contribution >= 4 is 11.8 Å². The number of hydrogen-bond donors (Lipinski definition) is 1. The molecule has 1 aromatic rings. The fraction of sp³-hybridized carbons (Fsp3) is 0.667. The van der Waals surface area contributed by atoms with Crippen molar-refractivity contribution in [3.05, 3.63) is 29.3 Å². The molecular formula is C18H29NOS. The Morgan fingerprint density at radius 3 is 2.86 bits per heavy atom. The number of nitrogens with one attached hydrogen (secondary N) is 1. The van der Waals surface area contributed by atoms with Crippen molar-refractivity contribution in [2.75, 3.05) is 19.4 Å². The molecule has 0 spiro atoms. The maximum atomic E-state index is 5.37. The summed E-state index contributed by atoms with van der Waals surface area (Å²) in [4.78, 5) is 0. The van der Waals surface area contributed by atoms with Crippen molar-refractivity contribution in [3.63, 3.8) is 0 Å². The highest BCUT2D eigenvalue weighted by Gasteiger charge is 2.29. The third kappa shape index (κ3) is 4.17. The van der Waals surface area contributed by atoms with Crippen LogP contribution in [0.1, 0.15) is 50.8 Å². The van der Waals surface area contributed by atoms with Gasteiger partial charge in [-0.15, -0.1) is 0 Å². The van der Waals surface area contributed by atoms with Gasteiger partial charge in [0.15, 0.2) is 0 Å². The Balaban J connectivity index is 2.14. The van der Waals surface area contributed by atoms with Crippen molar-refractivity contribution in [2.45, 2.75) is 51.3 Å². The first-order valence-corrected chi connectivity index (χ1v) is 9.26. The average Bonchev–Trinajstić information content (AvgIpc) is 2.53. The van der Waals surface area contributed by atoms with Crippen molar-refractivity contribution in [1.82, 2.24) is 5.32 Å². The summed E-state index contributed by atoms with van der Waals surface area (Å²) in [5.74, 6) is 3.07. The second-order valence-electron chi connectivity index (χ2n) is 6.02. The van der Waals surface area contributed by atoms with Crippen LogP contribution in [0.3, 0.4) is 0 Å². The number of fused-ring (bicyclic) bond motifs is 1. The van der Waals surface area contributed by atoms with Gasteiger partial charge in [-0.25, -0.2) is 0 Å². The zero-order valence-electron chi connectivity index (χ0n) is 13.8. The van der Waals surface area contributed by atoms with E-state index < -0.39 is 0 Å². The van der Waals surface area contributed by atoms with E-state index in [1.807, 2.05) is 0 Å². The van der Waals surface area contributed by atoms with Gasteiger partial charge in [0, 0.05) is 11.3 Å². The Hall–Kier alpha value is -0.670. The summed E-state index contributed by atoms with van der Waals surface area (Å²) < 4.78 is 5.37. The molecule has 0 radical (unpaired) electrons. The van der Waals surface area contributed by atoms with E-state index in [-0.39, 0.29) is 0 Å². The second kappa shape index (κ2) is 8.09. The van der Waals surface area contributed by atoms with E-state index in [4.69, 9.17) is 4.74 Å². The minimum absolute atomic E-state index is 0.485. The number of benzene rings is 1. The Kier molecular flexibility index (Phi) is 6.43. The minimum Gasteiger partial charge on any atom is -0.497 e. The molecule has 0 saturated heterocycles. The molecular weight excluding hydrogens is 278 g/mol. The fourth-order valence-corrected chi connectivity index (χ4v) is 4.47. The Bertz CT molecular complexity index is 449. The third-order valence-electron chi connectivity index (χ3n) is 4.47. The number of thioether (sulfide) groups is 1. The number of ether oxygens (including phenoxy) is 1. The van der Waals surface area contributed by atoms with Crippen LogP contribution in [0.15, 0.2) is 18.2 Å². The SMILES string of the molecule is CCNC1c2ccc(OC)cc2CCC1SCC(C)CC. The summed E-state index contributed by atoms with van der Waals surface area (Å²) >= 11 is 2.16. The smallest absolute Gasteiger partial charge is 0.119 e. The molecule has 0 aromatic heterocycles. The van der Waals surface area contributed by atoms with E-state index in [9.17, 15) is 0 Å². The lowest BCUT2D eigenvalue weighted by atomic mass is 9.87. The Morgan fingerprint density at radius 1 is 1.38 bits per heavy atom. The Morgan fingerprint density at radius 2 is 2.19 bits per heavy atom. The predicted octanol–water partition coefficient (Wildman–Crippen LogP) is 4.44. The van der Waals surface area contributed by atoms with Crippen LogP contribution >= 0.6 is 11.8 Å². The number of rotatable bonds is 7.